The maximum Gasteiger partial charge on any atom is 0.270 e. The normalized spacial score (nSPS) is 10.6. The Morgan fingerprint density at radius 2 is 1.86 bits per heavy atom. The third-order valence-corrected chi connectivity index (χ3v) is 4.45. The van der Waals surface area contributed by atoms with Gasteiger partial charge in [0.1, 0.15) is 11.4 Å². The zero-order valence-electron chi connectivity index (χ0n) is 16.3. The fourth-order valence-corrected chi connectivity index (χ4v) is 2.83. The highest BCUT2D eigenvalue weighted by molar-refractivity contribution is 5.94. The first-order valence-corrected chi connectivity index (χ1v) is 9.31. The second-order valence-electron chi connectivity index (χ2n) is 6.44. The van der Waals surface area contributed by atoms with E-state index in [9.17, 15) is 14.9 Å². The van der Waals surface area contributed by atoms with E-state index in [0.717, 1.165) is 12.8 Å². The van der Waals surface area contributed by atoms with Gasteiger partial charge >= 0.3 is 0 Å². The summed E-state index contributed by atoms with van der Waals surface area (Å²) in [7, 11) is 1.59. The highest BCUT2D eigenvalue weighted by Gasteiger charge is 2.18. The van der Waals surface area contributed by atoms with E-state index in [4.69, 9.17) is 4.74 Å². The molecular formula is C21H22N4O4. The van der Waals surface area contributed by atoms with Crippen molar-refractivity contribution in [3.63, 3.8) is 0 Å². The Hall–Kier alpha value is -3.68. The van der Waals surface area contributed by atoms with Crippen molar-refractivity contribution in [1.29, 1.82) is 0 Å². The third kappa shape index (κ3) is 4.60. The van der Waals surface area contributed by atoms with Crippen molar-refractivity contribution < 1.29 is 14.5 Å². The second-order valence-corrected chi connectivity index (χ2v) is 6.44. The molecule has 0 aliphatic heterocycles. The molecule has 0 spiro atoms. The number of benzene rings is 2. The van der Waals surface area contributed by atoms with Crippen LogP contribution in [0.5, 0.6) is 5.75 Å². The Bertz CT molecular complexity index is 995. The molecule has 8 nitrogen and oxygen atoms in total. The zero-order chi connectivity index (χ0) is 20.8. The summed E-state index contributed by atoms with van der Waals surface area (Å²) in [6.07, 6.45) is 1.86. The minimum absolute atomic E-state index is 0.000805. The van der Waals surface area contributed by atoms with Crippen LogP contribution in [0.15, 0.2) is 54.6 Å². The number of nitro groups is 1. The number of nitrogens with zero attached hydrogens (tertiary/aromatic N) is 3. The molecule has 1 aromatic heterocycles. The number of carbonyl (C=O) groups is 1. The van der Waals surface area contributed by atoms with Gasteiger partial charge in [0.05, 0.1) is 23.4 Å². The summed E-state index contributed by atoms with van der Waals surface area (Å²) < 4.78 is 6.76. The number of carbonyl (C=O) groups excluding carboxylic acids is 1. The van der Waals surface area contributed by atoms with Crippen LogP contribution in [0.3, 0.4) is 0 Å². The molecule has 1 heterocycles. The molecule has 29 heavy (non-hydrogen) atoms. The van der Waals surface area contributed by atoms with Gasteiger partial charge in [-0.05, 0) is 48.9 Å². The molecular weight excluding hydrogens is 372 g/mol. The molecule has 0 bridgehead atoms. The van der Waals surface area contributed by atoms with Crippen molar-refractivity contribution in [2.45, 2.75) is 19.8 Å². The molecule has 0 atom stereocenters. The number of ether oxygens (including phenoxy) is 1. The third-order valence-electron chi connectivity index (χ3n) is 4.45. The molecule has 0 radical (unpaired) electrons. The molecule has 0 aliphatic carbocycles. The van der Waals surface area contributed by atoms with Gasteiger partial charge < -0.3 is 10.1 Å². The number of nitro benzene ring substituents is 1. The van der Waals surface area contributed by atoms with Crippen LogP contribution in [-0.2, 0) is 0 Å². The van der Waals surface area contributed by atoms with E-state index in [-0.39, 0.29) is 11.6 Å². The molecule has 0 aliphatic rings. The Morgan fingerprint density at radius 3 is 2.45 bits per heavy atom. The largest absolute Gasteiger partial charge is 0.497 e. The van der Waals surface area contributed by atoms with Crippen LogP contribution in [0.2, 0.25) is 0 Å². The van der Waals surface area contributed by atoms with Crippen molar-refractivity contribution in [3.05, 3.63) is 70.4 Å². The minimum atomic E-state index is -0.452. The van der Waals surface area contributed by atoms with Crippen LogP contribution in [0.25, 0.3) is 16.9 Å². The molecule has 1 amide bonds. The average Bonchev–Trinajstić information content (AvgIpc) is 3.19. The van der Waals surface area contributed by atoms with Crippen LogP contribution in [0.4, 0.5) is 5.69 Å². The first-order valence-electron chi connectivity index (χ1n) is 9.31. The standard InChI is InChI=1S/C21H22N4O4/c1-3-4-13-22-21(26)20-14-19(15-5-7-17(8-6-15)25(27)28)23-24(20)16-9-11-18(29-2)12-10-16/h5-12,14H,3-4,13H2,1-2H3,(H,22,26). The summed E-state index contributed by atoms with van der Waals surface area (Å²) in [5, 5.41) is 18.4. The first-order chi connectivity index (χ1) is 14.0. The molecule has 3 aromatic rings. The molecule has 0 saturated heterocycles. The number of nitrogens with one attached hydrogen (secondary N) is 1. The number of hydrogen-bond acceptors (Lipinski definition) is 5. The van der Waals surface area contributed by atoms with Crippen LogP contribution in [0.1, 0.15) is 30.3 Å². The molecule has 2 aromatic carbocycles. The fourth-order valence-electron chi connectivity index (χ4n) is 2.83. The first kappa shape index (κ1) is 20.1. The highest BCUT2D eigenvalue weighted by Crippen LogP contribution is 2.25. The summed E-state index contributed by atoms with van der Waals surface area (Å²) in [5.74, 6) is 0.473. The Labute approximate surface area is 168 Å². The fraction of sp³-hybridized carbons (Fsp3) is 0.238. The van der Waals surface area contributed by atoms with Gasteiger partial charge in [0.15, 0.2) is 0 Å². The lowest BCUT2D eigenvalue weighted by molar-refractivity contribution is -0.384. The Morgan fingerprint density at radius 1 is 1.17 bits per heavy atom. The van der Waals surface area contributed by atoms with Crippen molar-refractivity contribution >= 4 is 11.6 Å². The van der Waals surface area contributed by atoms with Crippen molar-refractivity contribution in [1.82, 2.24) is 15.1 Å². The second kappa shape index (κ2) is 9.01. The lowest BCUT2D eigenvalue weighted by Gasteiger charge is -2.08. The number of rotatable bonds is 8. The number of hydrogen-bond donors (Lipinski definition) is 1. The molecule has 0 fully saturated rings. The Balaban J connectivity index is 1.99. The van der Waals surface area contributed by atoms with Gasteiger partial charge in [0.25, 0.3) is 11.6 Å². The highest BCUT2D eigenvalue weighted by atomic mass is 16.6. The van der Waals surface area contributed by atoms with E-state index in [2.05, 4.69) is 17.3 Å². The van der Waals surface area contributed by atoms with Gasteiger partial charge in [-0.2, -0.15) is 5.10 Å². The van der Waals surface area contributed by atoms with Crippen LogP contribution >= 0.6 is 0 Å². The van der Waals surface area contributed by atoms with Crippen LogP contribution in [0, 0.1) is 10.1 Å². The number of unbranched alkanes of at least 4 members (excludes halogenated alkanes) is 1. The lowest BCUT2D eigenvalue weighted by Crippen LogP contribution is -2.26. The summed E-state index contributed by atoms with van der Waals surface area (Å²) >= 11 is 0. The van der Waals surface area contributed by atoms with E-state index >= 15 is 0 Å². The van der Waals surface area contributed by atoms with Gasteiger partial charge in [-0.15, -0.1) is 0 Å². The van der Waals surface area contributed by atoms with Crippen molar-refractivity contribution in [2.75, 3.05) is 13.7 Å². The maximum absolute atomic E-state index is 12.7. The molecule has 8 heteroatoms. The molecule has 0 unspecified atom stereocenters. The van der Waals surface area contributed by atoms with E-state index in [0.29, 0.717) is 34.9 Å². The SMILES string of the molecule is CCCCNC(=O)c1cc(-c2ccc([N+](=O)[O-])cc2)nn1-c1ccc(OC)cc1. The lowest BCUT2D eigenvalue weighted by atomic mass is 10.1. The van der Waals surface area contributed by atoms with Gasteiger partial charge in [-0.25, -0.2) is 4.68 Å². The average molecular weight is 394 g/mol. The van der Waals surface area contributed by atoms with Crippen molar-refractivity contribution in [3.8, 4) is 22.7 Å². The molecule has 1 N–H and O–H groups in total. The summed E-state index contributed by atoms with van der Waals surface area (Å²) in [5.41, 5.74) is 2.34. The Kier molecular flexibility index (Phi) is 6.23. The molecule has 3 rings (SSSR count). The van der Waals surface area contributed by atoms with E-state index < -0.39 is 4.92 Å². The number of non-ortho nitro benzene ring substituents is 1. The quantitative estimate of drug-likeness (QED) is 0.354. The van der Waals surface area contributed by atoms with Gasteiger partial charge in [0.2, 0.25) is 0 Å². The minimum Gasteiger partial charge on any atom is -0.497 e. The summed E-state index contributed by atoms with van der Waals surface area (Å²) in [4.78, 5) is 23.2. The smallest absolute Gasteiger partial charge is 0.270 e. The predicted molar refractivity (Wildman–Crippen MR) is 109 cm³/mol. The van der Waals surface area contributed by atoms with Gasteiger partial charge in [-0.3, -0.25) is 14.9 Å². The monoisotopic (exact) mass is 394 g/mol. The summed E-state index contributed by atoms with van der Waals surface area (Å²) in [6.45, 7) is 2.64. The topological polar surface area (TPSA) is 99.3 Å². The van der Waals surface area contributed by atoms with Crippen molar-refractivity contribution in [2.24, 2.45) is 0 Å². The van der Waals surface area contributed by atoms with Crippen LogP contribution < -0.4 is 10.1 Å². The van der Waals surface area contributed by atoms with E-state index in [1.165, 1.54) is 12.1 Å². The number of methoxy groups -OCH3 is 1. The predicted octanol–water partition coefficient (Wildman–Crippen LogP) is 3.99. The summed E-state index contributed by atoms with van der Waals surface area (Å²) in [6, 6.07) is 15.0. The van der Waals surface area contributed by atoms with Crippen LogP contribution in [-0.4, -0.2) is 34.3 Å². The number of amides is 1. The molecule has 0 saturated carbocycles. The van der Waals surface area contributed by atoms with E-state index in [1.807, 2.05) is 12.1 Å². The number of aromatic nitrogens is 2. The molecule has 150 valence electrons. The zero-order valence-corrected chi connectivity index (χ0v) is 16.3. The van der Waals surface area contributed by atoms with E-state index in [1.54, 1.807) is 42.1 Å². The van der Waals surface area contributed by atoms with Gasteiger partial charge in [-0.1, -0.05) is 13.3 Å². The maximum atomic E-state index is 12.7. The van der Waals surface area contributed by atoms with Gasteiger partial charge in [0, 0.05) is 24.2 Å².